The molecule has 5 N–H and O–H groups in total. The van der Waals surface area contributed by atoms with Gasteiger partial charge in [0.2, 0.25) is 0 Å². The fourth-order valence-electron chi connectivity index (χ4n) is 0. The molecule has 0 aromatic heterocycles. The van der Waals surface area contributed by atoms with Crippen LogP contribution in [0.1, 0.15) is 0 Å². The van der Waals surface area contributed by atoms with Gasteiger partial charge in [-0.25, -0.2) is 0 Å². The third-order valence-corrected chi connectivity index (χ3v) is 0.167. The Hall–Kier alpha value is 0.170. The van der Waals surface area contributed by atoms with Crippen LogP contribution in [0, 0.1) is 0 Å². The Morgan fingerprint density at radius 2 is 1.33 bits per heavy atom. The zero-order chi connectivity index (χ0) is 5.41. The van der Waals surface area contributed by atoms with E-state index in [9.17, 15) is 0 Å². The molecule has 4 heteroatoms. The highest BCUT2D eigenvalue weighted by molar-refractivity contribution is 6.04. The second-order valence-electron chi connectivity index (χ2n) is 0.577. The number of halogens is 1. The summed E-state index contributed by atoms with van der Waals surface area (Å²) in [5.74, 6) is 0. The van der Waals surface area contributed by atoms with Gasteiger partial charge < -0.3 is 11.5 Å². The van der Waals surface area contributed by atoms with E-state index in [0.29, 0.717) is 13.1 Å². The molecule has 0 fully saturated rings. The third-order valence-electron chi connectivity index (χ3n) is 0.167. The number of nitrogens with two attached hydrogens (primary N) is 2. The highest BCUT2D eigenvalue weighted by Gasteiger charge is 1.54. The summed E-state index contributed by atoms with van der Waals surface area (Å²) in [6.45, 7) is 1.19. The lowest BCUT2D eigenvalue weighted by Gasteiger charge is -1.72. The van der Waals surface area contributed by atoms with Gasteiger partial charge in [0.25, 0.3) is 0 Å². The first-order valence-corrected chi connectivity index (χ1v) is 1.82. The van der Waals surface area contributed by atoms with E-state index in [1.54, 1.807) is 0 Å². The van der Waals surface area contributed by atoms with E-state index < -0.39 is 0 Å². The van der Waals surface area contributed by atoms with Crippen molar-refractivity contribution in [2.75, 3.05) is 13.1 Å². The molecule has 0 saturated heterocycles. The summed E-state index contributed by atoms with van der Waals surface area (Å²) in [6.07, 6.45) is 0. The van der Waals surface area contributed by atoms with E-state index in [-0.39, 0.29) is 0 Å². The minimum atomic E-state index is 0.597. The predicted octanol–water partition coefficient (Wildman–Crippen LogP) is -0.964. The maximum atomic E-state index is 6.47. The van der Waals surface area contributed by atoms with Crippen molar-refractivity contribution in [2.24, 2.45) is 11.5 Å². The molecule has 0 aliphatic heterocycles. The van der Waals surface area contributed by atoms with E-state index >= 15 is 0 Å². The largest absolute Gasteiger partial charge is 0.329 e. The Morgan fingerprint density at radius 3 is 1.33 bits per heavy atom. The number of rotatable bonds is 1. The molecule has 0 saturated carbocycles. The molecule has 0 aromatic rings. The molecule has 0 radical (unpaired) electrons. The van der Waals surface area contributed by atoms with Crippen LogP contribution in [0.3, 0.4) is 0 Å². The first kappa shape index (κ1) is 9.48. The Morgan fingerprint density at radius 1 is 1.17 bits per heavy atom. The van der Waals surface area contributed by atoms with Crippen molar-refractivity contribution < 1.29 is 4.66 Å². The highest BCUT2D eigenvalue weighted by atomic mass is 35.5. The van der Waals surface area contributed by atoms with Crippen LogP contribution in [0.25, 0.3) is 0 Å². The summed E-state index contributed by atoms with van der Waals surface area (Å²) in [7, 11) is 0. The van der Waals surface area contributed by atoms with Gasteiger partial charge >= 0.3 is 0 Å². The van der Waals surface area contributed by atoms with E-state index in [2.05, 4.69) is 11.9 Å². The van der Waals surface area contributed by atoms with Gasteiger partial charge in [0.1, 0.15) is 0 Å². The fourth-order valence-corrected chi connectivity index (χ4v) is 0. The van der Waals surface area contributed by atoms with E-state index in [4.69, 9.17) is 16.1 Å². The van der Waals surface area contributed by atoms with Crippen LogP contribution in [-0.4, -0.2) is 17.7 Å². The standard InChI is InChI=1S/C2H8N2.ClHO/c3-1-2-4;1-2/h1-4H2;2H. The average Bonchev–Trinajstić information content (AvgIpc) is 1.72. The molecule has 0 amide bonds. The van der Waals surface area contributed by atoms with Crippen molar-refractivity contribution in [1.29, 1.82) is 0 Å². The van der Waals surface area contributed by atoms with Crippen molar-refractivity contribution in [3.63, 3.8) is 0 Å². The van der Waals surface area contributed by atoms with E-state index in [0.717, 1.165) is 0 Å². The predicted molar refractivity (Wildman–Crippen MR) is 26.2 cm³/mol. The van der Waals surface area contributed by atoms with Gasteiger partial charge in [-0.3, -0.25) is 4.66 Å². The molecule has 0 rings (SSSR count). The third kappa shape index (κ3) is 30.6. The van der Waals surface area contributed by atoms with Crippen molar-refractivity contribution >= 4 is 11.9 Å². The quantitative estimate of drug-likeness (QED) is 0.409. The second-order valence-corrected chi connectivity index (χ2v) is 0.577. The second kappa shape index (κ2) is 19.1. The van der Waals surface area contributed by atoms with Gasteiger partial charge in [0.05, 0.1) is 11.9 Å². The van der Waals surface area contributed by atoms with E-state index in [1.165, 1.54) is 0 Å². The Bertz CT molecular complexity index is 13.5. The zero-order valence-corrected chi connectivity index (χ0v) is 4.15. The maximum absolute atomic E-state index is 6.47. The summed E-state index contributed by atoms with van der Waals surface area (Å²) < 4.78 is 6.47. The van der Waals surface area contributed by atoms with Gasteiger partial charge in [-0.15, -0.1) is 0 Å². The van der Waals surface area contributed by atoms with Crippen LogP contribution < -0.4 is 11.5 Å². The molecule has 0 aromatic carbocycles. The lowest BCUT2D eigenvalue weighted by Crippen LogP contribution is -2.11. The molecule has 0 bridgehead atoms. The van der Waals surface area contributed by atoms with Crippen molar-refractivity contribution in [2.45, 2.75) is 0 Å². The molecule has 6 heavy (non-hydrogen) atoms. The molecular weight excluding hydrogens is 103 g/mol. The molecular formula is C2H9ClN2O. The minimum absolute atomic E-state index is 0.597. The summed E-state index contributed by atoms with van der Waals surface area (Å²) in [6, 6.07) is 0. The topological polar surface area (TPSA) is 72.3 Å². The van der Waals surface area contributed by atoms with Crippen molar-refractivity contribution in [1.82, 2.24) is 0 Å². The molecule has 0 heterocycles. The molecule has 0 spiro atoms. The number of hydrogen-bond donors (Lipinski definition) is 3. The smallest absolute Gasteiger partial charge is 0.0579 e. The Kier molecular flexibility index (Phi) is 30.2. The lowest BCUT2D eigenvalue weighted by molar-refractivity contribution is 0.632. The number of hydrogen-bond acceptors (Lipinski definition) is 3. The lowest BCUT2D eigenvalue weighted by atomic mass is 10.7. The van der Waals surface area contributed by atoms with Crippen LogP contribution in [-0.2, 0) is 0 Å². The first-order valence-electron chi connectivity index (χ1n) is 1.49. The van der Waals surface area contributed by atoms with Gasteiger partial charge in [-0.1, -0.05) is 0 Å². The zero-order valence-electron chi connectivity index (χ0n) is 3.39. The summed E-state index contributed by atoms with van der Waals surface area (Å²) >= 11 is 3.64. The van der Waals surface area contributed by atoms with Gasteiger partial charge in [-0.05, 0) is 0 Å². The van der Waals surface area contributed by atoms with Crippen LogP contribution >= 0.6 is 11.9 Å². The Labute approximate surface area is 42.1 Å². The molecule has 0 aliphatic carbocycles. The summed E-state index contributed by atoms with van der Waals surface area (Å²) in [4.78, 5) is 0. The monoisotopic (exact) mass is 112 g/mol. The minimum Gasteiger partial charge on any atom is -0.329 e. The Balaban J connectivity index is 0. The highest BCUT2D eigenvalue weighted by Crippen LogP contribution is 1.31. The molecule has 3 nitrogen and oxygen atoms in total. The van der Waals surface area contributed by atoms with Gasteiger partial charge in [0, 0.05) is 13.1 Å². The SMILES string of the molecule is NCCN.OCl. The maximum Gasteiger partial charge on any atom is 0.0579 e. The van der Waals surface area contributed by atoms with Gasteiger partial charge in [0.15, 0.2) is 0 Å². The van der Waals surface area contributed by atoms with Crippen molar-refractivity contribution in [3.05, 3.63) is 0 Å². The molecule has 0 unspecified atom stereocenters. The first-order chi connectivity index (χ1) is 2.91. The van der Waals surface area contributed by atoms with Crippen LogP contribution in [0.4, 0.5) is 0 Å². The average molecular weight is 113 g/mol. The summed E-state index contributed by atoms with van der Waals surface area (Å²) in [5.41, 5.74) is 9.81. The molecule has 40 valence electrons. The molecule has 0 aliphatic rings. The van der Waals surface area contributed by atoms with Gasteiger partial charge in [-0.2, -0.15) is 0 Å². The van der Waals surface area contributed by atoms with Crippen LogP contribution in [0.2, 0.25) is 0 Å². The van der Waals surface area contributed by atoms with Crippen molar-refractivity contribution in [3.8, 4) is 0 Å². The normalized spacial score (nSPS) is 6.00. The fraction of sp³-hybridized carbons (Fsp3) is 1.00. The van der Waals surface area contributed by atoms with Crippen LogP contribution in [0.5, 0.6) is 0 Å². The van der Waals surface area contributed by atoms with E-state index in [1.807, 2.05) is 0 Å². The summed E-state index contributed by atoms with van der Waals surface area (Å²) in [5, 5.41) is 0. The molecule has 0 atom stereocenters. The van der Waals surface area contributed by atoms with Crippen LogP contribution in [0.15, 0.2) is 0 Å².